The molecule has 2 amide bonds. The summed E-state index contributed by atoms with van der Waals surface area (Å²) in [5, 5.41) is 6.49. The molecule has 140 valence electrons. The molecule has 11 heteroatoms. The molecule has 2 heterocycles. The molecule has 3 rings (SSSR count). The summed E-state index contributed by atoms with van der Waals surface area (Å²) >= 11 is 7.13. The number of carbonyl (C=O) groups is 2. The molecule has 1 aromatic carbocycles. The van der Waals surface area contributed by atoms with Gasteiger partial charge in [-0.3, -0.25) is 25.5 Å². The van der Waals surface area contributed by atoms with E-state index < -0.39 is 23.6 Å². The number of thiophene rings is 1. The Morgan fingerprint density at radius 2 is 1.81 bits per heavy atom. The van der Waals surface area contributed by atoms with E-state index in [-0.39, 0.29) is 11.3 Å². The van der Waals surface area contributed by atoms with Gasteiger partial charge in [0, 0.05) is 5.56 Å². The summed E-state index contributed by atoms with van der Waals surface area (Å²) in [6.07, 6.45) is -4.57. The van der Waals surface area contributed by atoms with E-state index in [0.717, 1.165) is 17.0 Å². The Hall–Kier alpha value is -2.85. The van der Waals surface area contributed by atoms with Crippen molar-refractivity contribution in [1.82, 2.24) is 21.0 Å². The minimum Gasteiger partial charge on any atom is -0.276 e. The fourth-order valence-electron chi connectivity index (χ4n) is 2.11. The van der Waals surface area contributed by atoms with Gasteiger partial charge in [-0.2, -0.15) is 18.3 Å². The summed E-state index contributed by atoms with van der Waals surface area (Å²) in [7, 11) is 0. The molecule has 0 aliphatic rings. The van der Waals surface area contributed by atoms with Crippen molar-refractivity contribution < 1.29 is 22.8 Å². The predicted octanol–water partition coefficient (Wildman–Crippen LogP) is 3.89. The van der Waals surface area contributed by atoms with Crippen molar-refractivity contribution in [2.24, 2.45) is 0 Å². The molecule has 0 spiro atoms. The van der Waals surface area contributed by atoms with Crippen molar-refractivity contribution in [3.63, 3.8) is 0 Å². The Morgan fingerprint density at radius 3 is 2.48 bits per heavy atom. The quantitative estimate of drug-likeness (QED) is 0.568. The first-order chi connectivity index (χ1) is 12.7. The lowest BCUT2D eigenvalue weighted by Gasteiger charge is -2.09. The second-order valence-corrected chi connectivity index (χ2v) is 6.97. The number of hydrogen-bond donors (Lipinski definition) is 3. The number of alkyl halides is 3. The first kappa shape index (κ1) is 18.9. The third kappa shape index (κ3) is 4.47. The zero-order chi connectivity index (χ0) is 19.6. The van der Waals surface area contributed by atoms with Gasteiger partial charge in [0.1, 0.15) is 0 Å². The zero-order valence-corrected chi connectivity index (χ0v) is 14.8. The Morgan fingerprint density at radius 1 is 1.07 bits per heavy atom. The Labute approximate surface area is 159 Å². The lowest BCUT2D eigenvalue weighted by Crippen LogP contribution is -2.41. The van der Waals surface area contributed by atoms with Crippen LogP contribution in [0.25, 0.3) is 10.6 Å². The molecule has 0 radical (unpaired) electrons. The number of benzene rings is 1. The van der Waals surface area contributed by atoms with E-state index in [1.54, 1.807) is 12.1 Å². The molecule has 0 atom stereocenters. The van der Waals surface area contributed by atoms with Crippen molar-refractivity contribution in [3.05, 3.63) is 63.6 Å². The molecular weight excluding hydrogens is 405 g/mol. The maximum Gasteiger partial charge on any atom is 0.416 e. The molecule has 0 aliphatic carbocycles. The largest absolute Gasteiger partial charge is 0.416 e. The molecule has 0 aliphatic heterocycles. The normalized spacial score (nSPS) is 11.3. The highest BCUT2D eigenvalue weighted by molar-refractivity contribution is 7.19. The van der Waals surface area contributed by atoms with Crippen molar-refractivity contribution >= 4 is 34.8 Å². The first-order valence-corrected chi connectivity index (χ1v) is 8.52. The van der Waals surface area contributed by atoms with Gasteiger partial charge in [-0.1, -0.05) is 17.7 Å². The van der Waals surface area contributed by atoms with Crippen LogP contribution in [0.5, 0.6) is 0 Å². The highest BCUT2D eigenvalue weighted by atomic mass is 35.5. The standard InChI is InChI=1S/C16H10ClF3N4O2S/c17-13-5-4-12(27-13)10-7-11(22-21-10)15(26)24-23-14(25)8-2-1-3-9(6-8)16(18,19)20/h1-7H,(H,21,22)(H,23,25)(H,24,26). The van der Waals surface area contributed by atoms with Crippen LogP contribution in [0, 0.1) is 0 Å². The number of aromatic nitrogens is 2. The number of hydrazine groups is 1. The lowest BCUT2D eigenvalue weighted by atomic mass is 10.1. The monoisotopic (exact) mass is 414 g/mol. The number of nitrogens with zero attached hydrogens (tertiary/aromatic N) is 1. The molecule has 0 saturated heterocycles. The SMILES string of the molecule is O=C(NNC(=O)c1cc(-c2ccc(Cl)s2)[nH]n1)c1cccc(C(F)(F)F)c1. The molecule has 0 bridgehead atoms. The van der Waals surface area contributed by atoms with E-state index in [9.17, 15) is 22.8 Å². The van der Waals surface area contributed by atoms with Gasteiger partial charge in [-0.05, 0) is 36.4 Å². The van der Waals surface area contributed by atoms with Crippen LogP contribution < -0.4 is 10.9 Å². The average Bonchev–Trinajstić information content (AvgIpc) is 3.27. The highest BCUT2D eigenvalue weighted by Gasteiger charge is 2.30. The van der Waals surface area contributed by atoms with E-state index in [1.807, 2.05) is 0 Å². The topological polar surface area (TPSA) is 86.9 Å². The van der Waals surface area contributed by atoms with Gasteiger partial charge in [0.2, 0.25) is 0 Å². The fraction of sp³-hybridized carbons (Fsp3) is 0.0625. The Balaban J connectivity index is 1.64. The Bertz CT molecular complexity index is 999. The minimum atomic E-state index is -4.57. The summed E-state index contributed by atoms with van der Waals surface area (Å²) in [5.41, 5.74) is 3.48. The van der Waals surface area contributed by atoms with Crippen LogP contribution in [0.2, 0.25) is 4.34 Å². The third-order valence-corrected chi connectivity index (χ3v) is 4.66. The second kappa shape index (κ2) is 7.41. The highest BCUT2D eigenvalue weighted by Crippen LogP contribution is 2.30. The maximum absolute atomic E-state index is 12.7. The van der Waals surface area contributed by atoms with Crippen LogP contribution in [0.3, 0.4) is 0 Å². The minimum absolute atomic E-state index is 0.0149. The van der Waals surface area contributed by atoms with Gasteiger partial charge in [0.05, 0.1) is 20.5 Å². The summed E-state index contributed by atoms with van der Waals surface area (Å²) in [5.74, 6) is -1.63. The van der Waals surface area contributed by atoms with Gasteiger partial charge in [0.25, 0.3) is 11.8 Å². The van der Waals surface area contributed by atoms with Gasteiger partial charge < -0.3 is 0 Å². The van der Waals surface area contributed by atoms with Gasteiger partial charge in [-0.15, -0.1) is 11.3 Å². The Kier molecular flexibility index (Phi) is 5.19. The summed E-state index contributed by atoms with van der Waals surface area (Å²) in [4.78, 5) is 24.8. The van der Waals surface area contributed by atoms with Crippen LogP contribution in [0.1, 0.15) is 26.4 Å². The molecule has 2 aromatic heterocycles. The van der Waals surface area contributed by atoms with Crippen LogP contribution in [0.4, 0.5) is 13.2 Å². The molecule has 0 saturated carbocycles. The second-order valence-electron chi connectivity index (χ2n) is 5.26. The average molecular weight is 415 g/mol. The number of H-pyrrole nitrogens is 1. The number of carbonyl (C=O) groups excluding carboxylic acids is 2. The zero-order valence-electron chi connectivity index (χ0n) is 13.2. The molecule has 6 nitrogen and oxygen atoms in total. The number of aromatic amines is 1. The first-order valence-electron chi connectivity index (χ1n) is 7.33. The van der Waals surface area contributed by atoms with Crippen LogP contribution in [0.15, 0.2) is 42.5 Å². The third-order valence-electron chi connectivity index (χ3n) is 3.39. The number of nitrogens with one attached hydrogen (secondary N) is 3. The van der Waals surface area contributed by atoms with E-state index in [0.29, 0.717) is 16.1 Å². The van der Waals surface area contributed by atoms with Crippen molar-refractivity contribution in [2.45, 2.75) is 6.18 Å². The van der Waals surface area contributed by atoms with E-state index in [1.165, 1.54) is 23.5 Å². The fourth-order valence-corrected chi connectivity index (χ4v) is 3.12. The number of halogens is 4. The van der Waals surface area contributed by atoms with E-state index in [2.05, 4.69) is 21.0 Å². The van der Waals surface area contributed by atoms with Crippen LogP contribution in [-0.4, -0.2) is 22.0 Å². The molecule has 0 fully saturated rings. The smallest absolute Gasteiger partial charge is 0.276 e. The number of rotatable bonds is 3. The van der Waals surface area contributed by atoms with Crippen LogP contribution in [-0.2, 0) is 6.18 Å². The van der Waals surface area contributed by atoms with Crippen molar-refractivity contribution in [1.29, 1.82) is 0 Å². The van der Waals surface area contributed by atoms with E-state index in [4.69, 9.17) is 11.6 Å². The lowest BCUT2D eigenvalue weighted by molar-refractivity contribution is -0.137. The van der Waals surface area contributed by atoms with Gasteiger partial charge in [0.15, 0.2) is 5.69 Å². The number of hydrogen-bond acceptors (Lipinski definition) is 4. The molecular formula is C16H10ClF3N4O2S. The molecule has 3 N–H and O–H groups in total. The van der Waals surface area contributed by atoms with Crippen molar-refractivity contribution in [3.8, 4) is 10.6 Å². The maximum atomic E-state index is 12.7. The summed E-state index contributed by atoms with van der Waals surface area (Å²) in [6.45, 7) is 0. The van der Waals surface area contributed by atoms with E-state index >= 15 is 0 Å². The number of amides is 2. The van der Waals surface area contributed by atoms with Gasteiger partial charge in [-0.25, -0.2) is 0 Å². The van der Waals surface area contributed by atoms with Gasteiger partial charge >= 0.3 is 6.18 Å². The summed E-state index contributed by atoms with van der Waals surface area (Å²) < 4.78 is 38.6. The molecule has 3 aromatic rings. The predicted molar refractivity (Wildman–Crippen MR) is 93.3 cm³/mol. The summed E-state index contributed by atoms with van der Waals surface area (Å²) in [6, 6.07) is 8.73. The molecule has 27 heavy (non-hydrogen) atoms. The van der Waals surface area contributed by atoms with Crippen molar-refractivity contribution in [2.75, 3.05) is 0 Å². The molecule has 0 unspecified atom stereocenters. The van der Waals surface area contributed by atoms with Crippen LogP contribution >= 0.6 is 22.9 Å².